The maximum atomic E-state index is 13.7. The Morgan fingerprint density at radius 1 is 1.41 bits per heavy atom. The van der Waals surface area contributed by atoms with Crippen LogP contribution in [0.15, 0.2) is 22.7 Å². The van der Waals surface area contributed by atoms with E-state index in [4.69, 9.17) is 0 Å². The number of benzene rings is 1. The summed E-state index contributed by atoms with van der Waals surface area (Å²) >= 11 is 3.34. The fourth-order valence-corrected chi connectivity index (χ4v) is 3.45. The highest BCUT2D eigenvalue weighted by Gasteiger charge is 2.23. The van der Waals surface area contributed by atoms with Crippen molar-refractivity contribution in [2.75, 3.05) is 13.6 Å². The number of carbonyl (C=O) groups excluding carboxylic acids is 1. The third kappa shape index (κ3) is 5.06. The number of nitrogens with one attached hydrogen (secondary N) is 1. The third-order valence-corrected chi connectivity index (χ3v) is 4.81. The molecule has 1 saturated carbocycles. The van der Waals surface area contributed by atoms with Crippen LogP contribution in [0.1, 0.15) is 38.2 Å². The van der Waals surface area contributed by atoms with Crippen LogP contribution in [0.5, 0.6) is 0 Å². The first kappa shape index (κ1) is 17.4. The number of carbonyl (C=O) groups is 1. The molecule has 0 radical (unpaired) electrons. The number of hydrogen-bond donors (Lipinski definition) is 1. The van der Waals surface area contributed by atoms with E-state index in [1.54, 1.807) is 12.1 Å². The van der Waals surface area contributed by atoms with Crippen molar-refractivity contribution in [3.05, 3.63) is 34.1 Å². The topological polar surface area (TPSA) is 32.3 Å². The molecule has 1 N–H and O–H groups in total. The lowest BCUT2D eigenvalue weighted by Gasteiger charge is -2.30. The van der Waals surface area contributed by atoms with Gasteiger partial charge < -0.3 is 5.32 Å². The van der Waals surface area contributed by atoms with Crippen LogP contribution in [0.4, 0.5) is 4.39 Å². The predicted octanol–water partition coefficient (Wildman–Crippen LogP) is 3.71. The average molecular weight is 371 g/mol. The first-order chi connectivity index (χ1) is 10.5. The summed E-state index contributed by atoms with van der Waals surface area (Å²) in [7, 11) is 1.84. The second kappa shape index (κ2) is 8.06. The van der Waals surface area contributed by atoms with Crippen molar-refractivity contribution in [3.63, 3.8) is 0 Å². The zero-order chi connectivity index (χ0) is 16.1. The Kier molecular flexibility index (Phi) is 6.38. The number of rotatable bonds is 5. The maximum Gasteiger partial charge on any atom is 0.234 e. The van der Waals surface area contributed by atoms with Crippen molar-refractivity contribution < 1.29 is 9.18 Å². The number of halogens is 2. The van der Waals surface area contributed by atoms with E-state index in [0.717, 1.165) is 10.9 Å². The van der Waals surface area contributed by atoms with Crippen molar-refractivity contribution in [3.8, 4) is 0 Å². The van der Waals surface area contributed by atoms with E-state index >= 15 is 0 Å². The lowest BCUT2D eigenvalue weighted by atomic mass is 9.86. The molecule has 122 valence electrons. The lowest BCUT2D eigenvalue weighted by Crippen LogP contribution is -2.44. The van der Waals surface area contributed by atoms with Gasteiger partial charge in [0.25, 0.3) is 0 Å². The van der Waals surface area contributed by atoms with Gasteiger partial charge in [-0.2, -0.15) is 0 Å². The van der Waals surface area contributed by atoms with E-state index in [1.165, 1.54) is 25.3 Å². The molecular formula is C17H24BrFN2O. The van der Waals surface area contributed by atoms with Crippen LogP contribution in [-0.4, -0.2) is 30.4 Å². The first-order valence-electron chi connectivity index (χ1n) is 7.87. The Hall–Kier alpha value is -0.940. The fourth-order valence-electron chi connectivity index (χ4n) is 3.04. The molecule has 0 aromatic heterocycles. The van der Waals surface area contributed by atoms with Crippen molar-refractivity contribution in [2.45, 2.75) is 45.2 Å². The average Bonchev–Trinajstić information content (AvgIpc) is 2.45. The molecule has 0 heterocycles. The third-order valence-electron chi connectivity index (χ3n) is 4.32. The summed E-state index contributed by atoms with van der Waals surface area (Å²) in [5, 5.41) is 3.13. The first-order valence-corrected chi connectivity index (χ1v) is 8.67. The molecule has 1 amide bonds. The summed E-state index contributed by atoms with van der Waals surface area (Å²) in [5.41, 5.74) is 0.593. The second-order valence-electron chi connectivity index (χ2n) is 6.34. The van der Waals surface area contributed by atoms with Gasteiger partial charge in [0.1, 0.15) is 5.82 Å². The van der Waals surface area contributed by atoms with Gasteiger partial charge in [0.2, 0.25) is 5.91 Å². The Morgan fingerprint density at radius 3 is 2.86 bits per heavy atom. The van der Waals surface area contributed by atoms with E-state index in [-0.39, 0.29) is 24.3 Å². The van der Waals surface area contributed by atoms with Crippen molar-refractivity contribution in [2.24, 2.45) is 5.92 Å². The molecule has 3 nitrogen and oxygen atoms in total. The van der Waals surface area contributed by atoms with E-state index < -0.39 is 0 Å². The highest BCUT2D eigenvalue weighted by molar-refractivity contribution is 9.10. The smallest absolute Gasteiger partial charge is 0.234 e. The standard InChI is InChI=1S/C17H24BrFN2O/c1-12-5-3-4-6-16(12)20-17(22)11-21(2)10-13-9-14(18)7-8-15(13)19/h7-9,12,16H,3-6,10-11H2,1-2H3,(H,20,22). The summed E-state index contributed by atoms with van der Waals surface area (Å²) in [5.74, 6) is 0.332. The Balaban J connectivity index is 1.84. The van der Waals surface area contributed by atoms with Crippen LogP contribution in [0.3, 0.4) is 0 Å². The molecule has 2 unspecified atom stereocenters. The van der Waals surface area contributed by atoms with Crippen LogP contribution in [0, 0.1) is 11.7 Å². The monoisotopic (exact) mass is 370 g/mol. The number of likely N-dealkylation sites (N-methyl/N-ethyl adjacent to an activating group) is 1. The van der Waals surface area contributed by atoms with Gasteiger partial charge in [0.05, 0.1) is 6.54 Å². The SMILES string of the molecule is CC1CCCCC1NC(=O)CN(C)Cc1cc(Br)ccc1F. The van der Waals surface area contributed by atoms with Crippen molar-refractivity contribution in [1.82, 2.24) is 10.2 Å². The van der Waals surface area contributed by atoms with E-state index in [1.807, 2.05) is 11.9 Å². The van der Waals surface area contributed by atoms with Crippen LogP contribution in [0.25, 0.3) is 0 Å². The molecule has 0 saturated heterocycles. The Labute approximate surface area is 140 Å². The van der Waals surface area contributed by atoms with Crippen LogP contribution in [-0.2, 0) is 11.3 Å². The molecule has 2 atom stereocenters. The molecule has 0 bridgehead atoms. The van der Waals surface area contributed by atoms with Gasteiger partial charge in [0.15, 0.2) is 0 Å². The quantitative estimate of drug-likeness (QED) is 0.856. The Morgan fingerprint density at radius 2 is 2.14 bits per heavy atom. The van der Waals surface area contributed by atoms with E-state index in [0.29, 0.717) is 18.0 Å². The molecule has 1 fully saturated rings. The van der Waals surface area contributed by atoms with Gasteiger partial charge in [-0.1, -0.05) is 35.7 Å². The highest BCUT2D eigenvalue weighted by Crippen LogP contribution is 2.23. The minimum absolute atomic E-state index is 0.0247. The summed E-state index contributed by atoms with van der Waals surface area (Å²) in [6, 6.07) is 5.16. The maximum absolute atomic E-state index is 13.7. The number of amides is 1. The zero-order valence-electron chi connectivity index (χ0n) is 13.2. The molecule has 22 heavy (non-hydrogen) atoms. The van der Waals surface area contributed by atoms with Crippen molar-refractivity contribution >= 4 is 21.8 Å². The van der Waals surface area contributed by atoms with Gasteiger partial charge in [0, 0.05) is 22.6 Å². The summed E-state index contributed by atoms with van der Waals surface area (Å²) in [6.45, 7) is 2.90. The van der Waals surface area contributed by atoms with Gasteiger partial charge in [-0.3, -0.25) is 9.69 Å². The minimum atomic E-state index is -0.239. The normalized spacial score (nSPS) is 21.9. The molecule has 1 aromatic rings. The largest absolute Gasteiger partial charge is 0.352 e. The molecule has 5 heteroatoms. The molecule has 1 aliphatic rings. The molecular weight excluding hydrogens is 347 g/mol. The van der Waals surface area contributed by atoms with Crippen molar-refractivity contribution in [1.29, 1.82) is 0 Å². The zero-order valence-corrected chi connectivity index (χ0v) is 14.8. The molecule has 0 aliphatic heterocycles. The molecule has 0 spiro atoms. The van der Waals surface area contributed by atoms with E-state index in [2.05, 4.69) is 28.2 Å². The van der Waals surface area contributed by atoms with Crippen LogP contribution in [0.2, 0.25) is 0 Å². The van der Waals surface area contributed by atoms with Crippen LogP contribution < -0.4 is 5.32 Å². The molecule has 1 aromatic carbocycles. The van der Waals surface area contributed by atoms with Gasteiger partial charge in [-0.15, -0.1) is 0 Å². The summed E-state index contributed by atoms with van der Waals surface area (Å²) in [6.07, 6.45) is 4.70. The fraction of sp³-hybridized carbons (Fsp3) is 0.588. The van der Waals surface area contributed by atoms with E-state index in [9.17, 15) is 9.18 Å². The highest BCUT2D eigenvalue weighted by atomic mass is 79.9. The lowest BCUT2D eigenvalue weighted by molar-refractivity contribution is -0.123. The predicted molar refractivity (Wildman–Crippen MR) is 90.0 cm³/mol. The van der Waals surface area contributed by atoms with Gasteiger partial charge in [-0.05, 0) is 44.0 Å². The molecule has 1 aliphatic carbocycles. The summed E-state index contributed by atoms with van der Waals surface area (Å²) < 4.78 is 14.6. The number of hydrogen-bond acceptors (Lipinski definition) is 2. The van der Waals surface area contributed by atoms with Gasteiger partial charge in [-0.25, -0.2) is 4.39 Å². The Bertz CT molecular complexity index is 523. The second-order valence-corrected chi connectivity index (χ2v) is 7.26. The van der Waals surface area contributed by atoms with Crippen LogP contribution >= 0.6 is 15.9 Å². The summed E-state index contributed by atoms with van der Waals surface area (Å²) in [4.78, 5) is 14.0. The molecule has 2 rings (SSSR count). The minimum Gasteiger partial charge on any atom is -0.352 e. The van der Waals surface area contributed by atoms with Gasteiger partial charge >= 0.3 is 0 Å². The number of nitrogens with zero attached hydrogens (tertiary/aromatic N) is 1.